The number of nitrogens with one attached hydrogen (secondary N) is 2. The van der Waals surface area contributed by atoms with Crippen LogP contribution in [0.15, 0.2) is 71.5 Å². The van der Waals surface area contributed by atoms with Gasteiger partial charge in [0.15, 0.2) is 0 Å². The molecule has 0 aliphatic carbocycles. The molecule has 0 saturated heterocycles. The van der Waals surface area contributed by atoms with Crippen LogP contribution in [-0.4, -0.2) is 32.2 Å². The van der Waals surface area contributed by atoms with Crippen LogP contribution in [0.5, 0.6) is 11.5 Å². The number of carbonyl (C=O) groups excluding carboxylic acids is 2. The largest absolute Gasteiger partial charge is 0.497 e. The van der Waals surface area contributed by atoms with Crippen LogP contribution in [0.2, 0.25) is 0 Å². The van der Waals surface area contributed by atoms with Crippen molar-refractivity contribution in [3.8, 4) is 11.5 Å². The maximum Gasteiger partial charge on any atom is 0.287 e. The molecular weight excluding hydrogens is 426 g/mol. The van der Waals surface area contributed by atoms with Crippen LogP contribution in [0.1, 0.15) is 25.7 Å². The van der Waals surface area contributed by atoms with Gasteiger partial charge in [-0.1, -0.05) is 18.2 Å². The molecule has 1 heterocycles. The molecular formula is C24H23N3O4S. The number of methoxy groups -OCH3 is 2. The number of hydrogen-bond donors (Lipinski definition) is 2. The maximum atomic E-state index is 12.9. The van der Waals surface area contributed by atoms with Gasteiger partial charge in [-0.15, -0.1) is 11.3 Å². The summed E-state index contributed by atoms with van der Waals surface area (Å²) in [7, 11) is 3.07. The smallest absolute Gasteiger partial charge is 0.287 e. The van der Waals surface area contributed by atoms with Crippen LogP contribution in [-0.2, 0) is 4.79 Å². The van der Waals surface area contributed by atoms with Crippen LogP contribution >= 0.6 is 11.3 Å². The summed E-state index contributed by atoms with van der Waals surface area (Å²) in [6.07, 6.45) is 3.07. The summed E-state index contributed by atoms with van der Waals surface area (Å²) >= 11 is 1.55. The van der Waals surface area contributed by atoms with Gasteiger partial charge in [-0.2, -0.15) is 5.10 Å². The highest BCUT2D eigenvalue weighted by Gasteiger charge is 2.16. The fourth-order valence-electron chi connectivity index (χ4n) is 2.79. The van der Waals surface area contributed by atoms with Gasteiger partial charge < -0.3 is 14.8 Å². The number of aryl methyl sites for hydroxylation is 1. The number of benzene rings is 2. The first-order chi connectivity index (χ1) is 15.5. The van der Waals surface area contributed by atoms with Gasteiger partial charge in [0.25, 0.3) is 11.8 Å². The van der Waals surface area contributed by atoms with Gasteiger partial charge in [0.2, 0.25) is 0 Å². The molecule has 3 aromatic rings. The zero-order valence-electron chi connectivity index (χ0n) is 17.9. The Morgan fingerprint density at radius 1 is 1.00 bits per heavy atom. The summed E-state index contributed by atoms with van der Waals surface area (Å²) in [5.74, 6) is 0.0929. The zero-order chi connectivity index (χ0) is 22.9. The minimum Gasteiger partial charge on any atom is -0.497 e. The lowest BCUT2D eigenvalue weighted by molar-refractivity contribution is -0.117. The van der Waals surface area contributed by atoms with Crippen molar-refractivity contribution in [1.29, 1.82) is 0 Å². The summed E-state index contributed by atoms with van der Waals surface area (Å²) < 4.78 is 10.7. The van der Waals surface area contributed by atoms with Gasteiger partial charge in [-0.25, -0.2) is 5.43 Å². The molecule has 0 unspecified atom stereocenters. The highest BCUT2D eigenvalue weighted by molar-refractivity contribution is 7.13. The summed E-state index contributed by atoms with van der Waals surface area (Å²) in [5.41, 5.74) is 3.45. The fraction of sp³-hybridized carbons (Fsp3) is 0.125. The Morgan fingerprint density at radius 2 is 1.78 bits per heavy atom. The standard InChI is InChI=1S/C24H23N3O4S/c1-16-9-11-20(32-16)15-25-27-24(29)21(26-23(28)17-7-5-4-6-8-17)14-18-13-19(30-2)10-12-22(18)31-3/h4-15H,1-3H3,(H,26,28)(H,27,29)/b21-14+,25-15?. The second-order valence-electron chi connectivity index (χ2n) is 6.63. The monoisotopic (exact) mass is 449 g/mol. The van der Waals surface area contributed by atoms with Crippen LogP contribution in [0, 0.1) is 6.92 Å². The van der Waals surface area contributed by atoms with Crippen molar-refractivity contribution in [2.45, 2.75) is 6.92 Å². The number of rotatable bonds is 8. The molecule has 0 aliphatic rings. The highest BCUT2D eigenvalue weighted by atomic mass is 32.1. The minimum atomic E-state index is -0.580. The van der Waals surface area contributed by atoms with Crippen LogP contribution in [0.25, 0.3) is 6.08 Å². The molecule has 0 bridgehead atoms. The Hall–Kier alpha value is -3.91. The molecule has 164 valence electrons. The van der Waals surface area contributed by atoms with Gasteiger partial charge in [-0.05, 0) is 55.5 Å². The van der Waals surface area contributed by atoms with Crippen molar-refractivity contribution < 1.29 is 19.1 Å². The number of thiophene rings is 1. The molecule has 0 spiro atoms. The lowest BCUT2D eigenvalue weighted by Crippen LogP contribution is -2.32. The summed E-state index contributed by atoms with van der Waals surface area (Å²) in [6, 6.07) is 17.7. The van der Waals surface area contributed by atoms with Crippen molar-refractivity contribution in [3.05, 3.63) is 87.2 Å². The van der Waals surface area contributed by atoms with Crippen molar-refractivity contribution >= 4 is 35.4 Å². The van der Waals surface area contributed by atoms with E-state index >= 15 is 0 Å². The Bertz CT molecular complexity index is 1150. The van der Waals surface area contributed by atoms with Crippen LogP contribution in [0.4, 0.5) is 0 Å². The second kappa shape index (κ2) is 10.9. The predicted molar refractivity (Wildman–Crippen MR) is 126 cm³/mol. The Morgan fingerprint density at radius 3 is 2.44 bits per heavy atom. The SMILES string of the molecule is COc1ccc(OC)c(/C=C(/NC(=O)c2ccccc2)C(=O)NN=Cc2ccc(C)s2)c1. The first-order valence-electron chi connectivity index (χ1n) is 9.70. The third-order valence-corrected chi connectivity index (χ3v) is 5.32. The van der Waals surface area contributed by atoms with E-state index in [9.17, 15) is 9.59 Å². The van der Waals surface area contributed by atoms with E-state index in [1.54, 1.807) is 67.1 Å². The van der Waals surface area contributed by atoms with Crippen molar-refractivity contribution in [2.24, 2.45) is 5.10 Å². The lowest BCUT2D eigenvalue weighted by atomic mass is 10.1. The van der Waals surface area contributed by atoms with Gasteiger partial charge in [0, 0.05) is 20.9 Å². The molecule has 3 rings (SSSR count). The Balaban J connectivity index is 1.90. The average Bonchev–Trinajstić information content (AvgIpc) is 3.23. The van der Waals surface area contributed by atoms with Crippen LogP contribution in [0.3, 0.4) is 0 Å². The summed E-state index contributed by atoms with van der Waals surface area (Å²) in [4.78, 5) is 27.6. The normalized spacial score (nSPS) is 11.3. The molecule has 2 amide bonds. The molecule has 0 saturated carbocycles. The third kappa shape index (κ3) is 6.05. The Labute approximate surface area is 190 Å². The fourth-order valence-corrected chi connectivity index (χ4v) is 3.54. The summed E-state index contributed by atoms with van der Waals surface area (Å²) in [6.45, 7) is 1.99. The van der Waals surface area contributed by atoms with Crippen LogP contribution < -0.4 is 20.2 Å². The average molecular weight is 450 g/mol. The minimum absolute atomic E-state index is 0.00455. The van der Waals surface area contributed by atoms with E-state index in [4.69, 9.17) is 9.47 Å². The maximum absolute atomic E-state index is 12.9. The summed E-state index contributed by atoms with van der Waals surface area (Å²) in [5, 5.41) is 6.68. The van der Waals surface area contributed by atoms with Crippen molar-refractivity contribution in [1.82, 2.24) is 10.7 Å². The van der Waals surface area contributed by atoms with Gasteiger partial charge in [-0.3, -0.25) is 9.59 Å². The first kappa shape index (κ1) is 22.8. The molecule has 0 fully saturated rings. The number of carbonyl (C=O) groups is 2. The first-order valence-corrected chi connectivity index (χ1v) is 10.5. The van der Waals surface area contributed by atoms with Gasteiger partial charge in [0.1, 0.15) is 17.2 Å². The van der Waals surface area contributed by atoms with Crippen molar-refractivity contribution in [3.63, 3.8) is 0 Å². The van der Waals surface area contributed by atoms with E-state index in [1.165, 1.54) is 13.2 Å². The molecule has 2 aromatic carbocycles. The Kier molecular flexibility index (Phi) is 7.77. The molecule has 1 aromatic heterocycles. The molecule has 0 radical (unpaired) electrons. The van der Waals surface area contributed by atoms with E-state index in [-0.39, 0.29) is 5.70 Å². The lowest BCUT2D eigenvalue weighted by Gasteiger charge is -2.11. The van der Waals surface area contributed by atoms with Crippen molar-refractivity contribution in [2.75, 3.05) is 14.2 Å². The topological polar surface area (TPSA) is 89.0 Å². The second-order valence-corrected chi connectivity index (χ2v) is 7.95. The highest BCUT2D eigenvalue weighted by Crippen LogP contribution is 2.26. The molecule has 2 N–H and O–H groups in total. The number of ether oxygens (including phenoxy) is 2. The number of amides is 2. The number of hydrazone groups is 1. The number of nitrogens with zero attached hydrogens (tertiary/aromatic N) is 1. The molecule has 0 aliphatic heterocycles. The molecule has 32 heavy (non-hydrogen) atoms. The van der Waals surface area contributed by atoms with E-state index in [0.29, 0.717) is 22.6 Å². The predicted octanol–water partition coefficient (Wildman–Crippen LogP) is 3.99. The molecule has 7 nitrogen and oxygen atoms in total. The third-order valence-electron chi connectivity index (χ3n) is 4.38. The molecule has 0 atom stereocenters. The van der Waals surface area contributed by atoms with E-state index in [0.717, 1.165) is 9.75 Å². The van der Waals surface area contributed by atoms with Gasteiger partial charge in [0.05, 0.1) is 20.4 Å². The molecule has 8 heteroatoms. The quantitative estimate of drug-likeness (QED) is 0.309. The van der Waals surface area contributed by atoms with E-state index in [1.807, 2.05) is 25.1 Å². The van der Waals surface area contributed by atoms with E-state index < -0.39 is 11.8 Å². The number of hydrogen-bond acceptors (Lipinski definition) is 6. The van der Waals surface area contributed by atoms with Gasteiger partial charge >= 0.3 is 0 Å². The zero-order valence-corrected chi connectivity index (χ0v) is 18.7. The van der Waals surface area contributed by atoms with E-state index in [2.05, 4.69) is 15.8 Å².